The Morgan fingerprint density at radius 3 is 2.55 bits per heavy atom. The molecule has 0 aromatic heterocycles. The Kier molecular flexibility index (Phi) is 3.18. The van der Waals surface area contributed by atoms with Gasteiger partial charge in [-0.25, -0.2) is 0 Å². The average molecular weight is 177 g/mol. The molecule has 2 N–H and O–H groups in total. The molecule has 0 aromatic carbocycles. The Balaban J connectivity index is 2.43. The monoisotopic (exact) mass is 177 g/mol. The van der Waals surface area contributed by atoms with Crippen molar-refractivity contribution in [2.24, 2.45) is 5.92 Å². The predicted molar refractivity (Wildman–Crippen MR) is 46.6 cm³/mol. The second-order valence-corrected chi connectivity index (χ2v) is 3.84. The highest BCUT2D eigenvalue weighted by Gasteiger charge is 2.31. The summed E-state index contributed by atoms with van der Waals surface area (Å²) < 4.78 is 0. The number of thiol groups is 1. The van der Waals surface area contributed by atoms with Crippen molar-refractivity contribution in [2.75, 3.05) is 19.7 Å². The summed E-state index contributed by atoms with van der Waals surface area (Å²) in [7, 11) is 0. The molecule has 0 aliphatic carbocycles. The largest absolute Gasteiger partial charge is 0.396 e. The quantitative estimate of drug-likeness (QED) is 0.500. The summed E-state index contributed by atoms with van der Waals surface area (Å²) in [5.41, 5.74) is 0. The smallest absolute Gasteiger partial charge is 0.0729 e. The number of rotatable bonds is 2. The molecule has 1 aliphatic rings. The number of aliphatic hydroxyl groups excluding tert-OH is 2. The van der Waals surface area contributed by atoms with E-state index < -0.39 is 0 Å². The molecule has 3 unspecified atom stereocenters. The first-order chi connectivity index (χ1) is 5.15. The van der Waals surface area contributed by atoms with Crippen LogP contribution in [0, 0.1) is 5.92 Å². The van der Waals surface area contributed by atoms with Crippen LogP contribution < -0.4 is 0 Å². The standard InChI is InChI=1S/C7H15NO2S/c1-5(11)8-2-6(4-9)7(10)3-8/h5-7,9-11H,2-4H2,1H3. The van der Waals surface area contributed by atoms with E-state index in [1.54, 1.807) is 0 Å². The molecule has 66 valence electrons. The zero-order valence-electron chi connectivity index (χ0n) is 6.64. The van der Waals surface area contributed by atoms with Gasteiger partial charge in [0.15, 0.2) is 0 Å². The van der Waals surface area contributed by atoms with E-state index in [1.165, 1.54) is 0 Å². The maximum absolute atomic E-state index is 9.37. The third-order valence-corrected chi connectivity index (χ3v) is 2.52. The van der Waals surface area contributed by atoms with Gasteiger partial charge in [-0.15, -0.1) is 0 Å². The third kappa shape index (κ3) is 2.08. The third-order valence-electron chi connectivity index (χ3n) is 2.20. The van der Waals surface area contributed by atoms with Gasteiger partial charge in [0, 0.05) is 31.0 Å². The second-order valence-electron chi connectivity index (χ2n) is 3.10. The number of β-amino-alcohol motifs (C(OH)–C–C–N with tert-alkyl or cyclic N) is 1. The Labute approximate surface area is 72.4 Å². The minimum absolute atomic E-state index is 0.0181. The van der Waals surface area contributed by atoms with Gasteiger partial charge in [0.05, 0.1) is 6.10 Å². The zero-order valence-corrected chi connectivity index (χ0v) is 7.54. The van der Waals surface area contributed by atoms with Gasteiger partial charge in [-0.3, -0.25) is 4.90 Å². The average Bonchev–Trinajstić information content (AvgIpc) is 2.31. The van der Waals surface area contributed by atoms with Gasteiger partial charge in [0.25, 0.3) is 0 Å². The molecule has 0 aromatic rings. The SMILES string of the molecule is CC(S)N1CC(O)C(CO)C1. The lowest BCUT2D eigenvalue weighted by molar-refractivity contribution is 0.103. The van der Waals surface area contributed by atoms with Crippen LogP contribution in [0.1, 0.15) is 6.92 Å². The number of hydrogen-bond acceptors (Lipinski definition) is 4. The maximum atomic E-state index is 9.37. The van der Waals surface area contributed by atoms with Gasteiger partial charge in [-0.05, 0) is 6.92 Å². The van der Waals surface area contributed by atoms with Crippen LogP contribution in [0.5, 0.6) is 0 Å². The summed E-state index contributed by atoms with van der Waals surface area (Å²) in [6.07, 6.45) is -0.380. The zero-order chi connectivity index (χ0) is 8.43. The Hall–Kier alpha value is 0.230. The minimum Gasteiger partial charge on any atom is -0.396 e. The Morgan fingerprint density at radius 1 is 1.64 bits per heavy atom. The molecule has 0 saturated carbocycles. The second kappa shape index (κ2) is 3.76. The maximum Gasteiger partial charge on any atom is 0.0729 e. The number of nitrogens with zero attached hydrogens (tertiary/aromatic N) is 1. The molecular weight excluding hydrogens is 162 g/mol. The van der Waals surface area contributed by atoms with E-state index in [9.17, 15) is 5.11 Å². The normalized spacial score (nSPS) is 36.0. The molecule has 1 heterocycles. The molecule has 1 fully saturated rings. The molecule has 3 nitrogen and oxygen atoms in total. The number of likely N-dealkylation sites (tertiary alicyclic amines) is 1. The Morgan fingerprint density at radius 2 is 2.27 bits per heavy atom. The molecule has 4 heteroatoms. The van der Waals surface area contributed by atoms with Crippen molar-refractivity contribution in [2.45, 2.75) is 18.4 Å². The first-order valence-corrected chi connectivity index (χ1v) is 4.38. The first-order valence-electron chi connectivity index (χ1n) is 3.86. The summed E-state index contributed by atoms with van der Waals surface area (Å²) >= 11 is 4.25. The fourth-order valence-electron chi connectivity index (χ4n) is 1.37. The van der Waals surface area contributed by atoms with E-state index in [-0.39, 0.29) is 24.0 Å². The molecule has 0 bridgehead atoms. The van der Waals surface area contributed by atoms with E-state index in [4.69, 9.17) is 5.11 Å². The molecular formula is C7H15NO2S. The molecule has 0 spiro atoms. The summed E-state index contributed by atoms with van der Waals surface area (Å²) in [5.74, 6) is 0.0181. The van der Waals surface area contributed by atoms with E-state index in [1.807, 2.05) is 6.92 Å². The summed E-state index contributed by atoms with van der Waals surface area (Å²) in [4.78, 5) is 2.05. The van der Waals surface area contributed by atoms with Crippen molar-refractivity contribution in [3.63, 3.8) is 0 Å². The number of aliphatic hydroxyl groups is 2. The van der Waals surface area contributed by atoms with Crippen LogP contribution in [0.2, 0.25) is 0 Å². The highest BCUT2D eigenvalue weighted by Crippen LogP contribution is 2.19. The molecule has 1 rings (SSSR count). The predicted octanol–water partition coefficient (Wildman–Crippen LogP) is -0.453. The molecule has 1 aliphatic heterocycles. The summed E-state index contributed by atoms with van der Waals surface area (Å²) in [5, 5.41) is 18.4. The van der Waals surface area contributed by atoms with E-state index >= 15 is 0 Å². The van der Waals surface area contributed by atoms with Crippen molar-refractivity contribution >= 4 is 12.6 Å². The molecule has 0 radical (unpaired) electrons. The van der Waals surface area contributed by atoms with Crippen molar-refractivity contribution in [3.8, 4) is 0 Å². The van der Waals surface area contributed by atoms with Crippen molar-refractivity contribution in [3.05, 3.63) is 0 Å². The lowest BCUT2D eigenvalue weighted by Gasteiger charge is -2.18. The van der Waals surface area contributed by atoms with E-state index in [2.05, 4.69) is 17.5 Å². The van der Waals surface area contributed by atoms with Crippen LogP contribution in [0.4, 0.5) is 0 Å². The lowest BCUT2D eigenvalue weighted by Crippen LogP contribution is -2.27. The lowest BCUT2D eigenvalue weighted by atomic mass is 10.1. The summed E-state index contributed by atoms with van der Waals surface area (Å²) in [6, 6.07) is 0. The van der Waals surface area contributed by atoms with Gasteiger partial charge < -0.3 is 10.2 Å². The van der Waals surface area contributed by atoms with Gasteiger partial charge in [-0.1, -0.05) is 0 Å². The topological polar surface area (TPSA) is 43.7 Å². The molecule has 0 amide bonds. The van der Waals surface area contributed by atoms with Crippen LogP contribution in [0.25, 0.3) is 0 Å². The van der Waals surface area contributed by atoms with Gasteiger partial charge in [-0.2, -0.15) is 12.6 Å². The fourth-order valence-corrected chi connectivity index (χ4v) is 1.56. The van der Waals surface area contributed by atoms with E-state index in [0.29, 0.717) is 6.54 Å². The summed E-state index contributed by atoms with van der Waals surface area (Å²) in [6.45, 7) is 3.42. The highest BCUT2D eigenvalue weighted by molar-refractivity contribution is 7.80. The Bertz CT molecular complexity index is 132. The van der Waals surface area contributed by atoms with E-state index in [0.717, 1.165) is 6.54 Å². The van der Waals surface area contributed by atoms with Crippen LogP contribution in [0.15, 0.2) is 0 Å². The first kappa shape index (κ1) is 9.32. The van der Waals surface area contributed by atoms with Crippen molar-refractivity contribution < 1.29 is 10.2 Å². The number of hydrogen-bond donors (Lipinski definition) is 3. The van der Waals surface area contributed by atoms with Crippen LogP contribution in [-0.2, 0) is 0 Å². The van der Waals surface area contributed by atoms with Gasteiger partial charge >= 0.3 is 0 Å². The fraction of sp³-hybridized carbons (Fsp3) is 1.00. The molecule has 3 atom stereocenters. The van der Waals surface area contributed by atoms with Gasteiger partial charge in [0.2, 0.25) is 0 Å². The van der Waals surface area contributed by atoms with Crippen LogP contribution in [0.3, 0.4) is 0 Å². The molecule has 1 saturated heterocycles. The minimum atomic E-state index is -0.380. The van der Waals surface area contributed by atoms with Crippen LogP contribution >= 0.6 is 12.6 Å². The van der Waals surface area contributed by atoms with Crippen LogP contribution in [-0.4, -0.2) is 46.3 Å². The molecule has 11 heavy (non-hydrogen) atoms. The van der Waals surface area contributed by atoms with Gasteiger partial charge in [0.1, 0.15) is 0 Å². The van der Waals surface area contributed by atoms with Crippen molar-refractivity contribution in [1.82, 2.24) is 4.90 Å². The van der Waals surface area contributed by atoms with Crippen molar-refractivity contribution in [1.29, 1.82) is 0 Å². The highest BCUT2D eigenvalue weighted by atomic mass is 32.1.